The van der Waals surface area contributed by atoms with Crippen LogP contribution in [0.15, 0.2) is 53.4 Å². The molecule has 2 fully saturated rings. The van der Waals surface area contributed by atoms with Crippen molar-refractivity contribution in [3.63, 3.8) is 0 Å². The first-order valence-corrected chi connectivity index (χ1v) is 11.4. The molecule has 0 spiro atoms. The molecule has 1 heterocycles. The number of benzene rings is 2. The van der Waals surface area contributed by atoms with Gasteiger partial charge in [0.25, 0.3) is 5.91 Å². The number of hydrogen-bond acceptors (Lipinski definition) is 3. The van der Waals surface area contributed by atoms with E-state index < -0.39 is 10.0 Å². The predicted octanol–water partition coefficient (Wildman–Crippen LogP) is 3.58. The predicted molar refractivity (Wildman–Crippen MR) is 109 cm³/mol. The average molecular weight is 399 g/mol. The number of carbonyl (C=O) groups excluding carboxylic acids is 1. The summed E-state index contributed by atoms with van der Waals surface area (Å²) in [7, 11) is -3.53. The largest absolute Gasteiger partial charge is 0.331 e. The minimum Gasteiger partial charge on any atom is -0.331 e. The van der Waals surface area contributed by atoms with Crippen molar-refractivity contribution in [3.8, 4) is 0 Å². The van der Waals surface area contributed by atoms with Crippen molar-refractivity contribution in [2.45, 2.75) is 50.1 Å². The summed E-state index contributed by atoms with van der Waals surface area (Å²) >= 11 is 0. The van der Waals surface area contributed by atoms with Gasteiger partial charge < -0.3 is 4.90 Å². The van der Waals surface area contributed by atoms with Crippen molar-refractivity contribution in [1.29, 1.82) is 0 Å². The van der Waals surface area contributed by atoms with Gasteiger partial charge in [0.2, 0.25) is 10.0 Å². The Kier molecular flexibility index (Phi) is 5.25. The second kappa shape index (κ2) is 7.68. The molecular formula is C22H26N2O3S. The Labute approximate surface area is 167 Å². The molecule has 0 radical (unpaired) electrons. The standard InChI is InChI=1S/C22H26N2O3S/c1-17-6-4-7-18(14-17)16-24(20-10-11-20)22(25)19-8-5-9-21(15-19)28(26,27)23-12-2-3-13-23/h4-9,14-15,20H,2-3,10-13,16H2,1H3. The van der Waals surface area contributed by atoms with E-state index in [4.69, 9.17) is 0 Å². The zero-order valence-electron chi connectivity index (χ0n) is 16.2. The maximum Gasteiger partial charge on any atom is 0.254 e. The van der Waals surface area contributed by atoms with E-state index in [9.17, 15) is 13.2 Å². The highest BCUT2D eigenvalue weighted by Gasteiger charge is 2.34. The molecule has 148 valence electrons. The zero-order chi connectivity index (χ0) is 19.7. The molecule has 1 aliphatic carbocycles. The molecule has 1 aliphatic heterocycles. The first-order chi connectivity index (χ1) is 13.4. The van der Waals surface area contributed by atoms with Gasteiger partial charge in [-0.15, -0.1) is 0 Å². The minimum absolute atomic E-state index is 0.0949. The number of amides is 1. The number of nitrogens with zero attached hydrogens (tertiary/aromatic N) is 2. The lowest BCUT2D eigenvalue weighted by molar-refractivity contribution is 0.0729. The van der Waals surface area contributed by atoms with Crippen molar-refractivity contribution >= 4 is 15.9 Å². The zero-order valence-corrected chi connectivity index (χ0v) is 17.0. The van der Waals surface area contributed by atoms with Gasteiger partial charge in [-0.2, -0.15) is 4.31 Å². The molecule has 0 aromatic heterocycles. The van der Waals surface area contributed by atoms with E-state index >= 15 is 0 Å². The van der Waals surface area contributed by atoms with Crippen molar-refractivity contribution in [3.05, 3.63) is 65.2 Å². The van der Waals surface area contributed by atoms with Gasteiger partial charge in [-0.1, -0.05) is 35.9 Å². The Balaban J connectivity index is 1.59. The molecule has 4 rings (SSSR count). The number of aryl methyl sites for hydroxylation is 1. The Morgan fingerprint density at radius 2 is 1.79 bits per heavy atom. The van der Waals surface area contributed by atoms with Crippen LogP contribution in [0.25, 0.3) is 0 Å². The van der Waals surface area contributed by atoms with Crippen LogP contribution < -0.4 is 0 Å². The summed E-state index contributed by atoms with van der Waals surface area (Å²) in [5.41, 5.74) is 2.71. The molecule has 2 aromatic carbocycles. The van der Waals surface area contributed by atoms with Crippen molar-refractivity contribution in [2.24, 2.45) is 0 Å². The molecule has 6 heteroatoms. The molecule has 1 amide bonds. The smallest absolute Gasteiger partial charge is 0.254 e. The topological polar surface area (TPSA) is 57.7 Å². The molecule has 0 unspecified atom stereocenters. The first-order valence-electron chi connectivity index (χ1n) is 9.92. The first kappa shape index (κ1) is 19.2. The molecule has 2 aromatic rings. The van der Waals surface area contributed by atoms with E-state index in [0.29, 0.717) is 25.2 Å². The van der Waals surface area contributed by atoms with Crippen LogP contribution in [0.2, 0.25) is 0 Å². The molecule has 0 atom stereocenters. The van der Waals surface area contributed by atoms with Crippen LogP contribution in [0.5, 0.6) is 0 Å². The Hall–Kier alpha value is -2.18. The van der Waals surface area contributed by atoms with Gasteiger partial charge in [0.15, 0.2) is 0 Å². The van der Waals surface area contributed by atoms with Crippen molar-refractivity contribution in [2.75, 3.05) is 13.1 Å². The summed E-state index contributed by atoms with van der Waals surface area (Å²) in [6, 6.07) is 14.9. The second-order valence-corrected chi connectivity index (χ2v) is 9.73. The summed E-state index contributed by atoms with van der Waals surface area (Å²) in [5.74, 6) is -0.0949. The lowest BCUT2D eigenvalue weighted by Crippen LogP contribution is -2.33. The van der Waals surface area contributed by atoms with E-state index in [-0.39, 0.29) is 16.8 Å². The van der Waals surface area contributed by atoms with Crippen molar-refractivity contribution in [1.82, 2.24) is 9.21 Å². The number of rotatable bonds is 6. The molecule has 1 saturated heterocycles. The van der Waals surface area contributed by atoms with E-state index in [2.05, 4.69) is 6.07 Å². The molecule has 1 saturated carbocycles. The summed E-state index contributed by atoms with van der Waals surface area (Å²) in [6.45, 7) is 3.71. The number of sulfonamides is 1. The van der Waals surface area contributed by atoms with Crippen LogP contribution in [0.3, 0.4) is 0 Å². The third-order valence-corrected chi connectivity index (χ3v) is 7.36. The molecular weight excluding hydrogens is 372 g/mol. The summed E-state index contributed by atoms with van der Waals surface area (Å²) in [6.07, 6.45) is 3.79. The van der Waals surface area contributed by atoms with E-state index in [1.54, 1.807) is 24.3 Å². The molecule has 28 heavy (non-hydrogen) atoms. The van der Waals surface area contributed by atoms with Crippen LogP contribution in [0.4, 0.5) is 0 Å². The molecule has 5 nitrogen and oxygen atoms in total. The van der Waals surface area contributed by atoms with Gasteiger partial charge in [0.1, 0.15) is 0 Å². The van der Waals surface area contributed by atoms with E-state index in [1.165, 1.54) is 9.87 Å². The average Bonchev–Trinajstić information content (AvgIpc) is 3.37. The molecule has 0 N–H and O–H groups in total. The number of carbonyl (C=O) groups is 1. The van der Waals surface area contributed by atoms with Crippen LogP contribution >= 0.6 is 0 Å². The minimum atomic E-state index is -3.53. The highest BCUT2D eigenvalue weighted by atomic mass is 32.2. The van der Waals surface area contributed by atoms with Gasteiger partial charge >= 0.3 is 0 Å². The lowest BCUT2D eigenvalue weighted by Gasteiger charge is -2.23. The maximum atomic E-state index is 13.2. The van der Waals surface area contributed by atoms with Crippen molar-refractivity contribution < 1.29 is 13.2 Å². The highest BCUT2D eigenvalue weighted by Crippen LogP contribution is 2.30. The molecule has 2 aliphatic rings. The Morgan fingerprint density at radius 3 is 2.46 bits per heavy atom. The van der Waals surface area contributed by atoms with Gasteiger partial charge in [0, 0.05) is 31.2 Å². The fourth-order valence-corrected chi connectivity index (χ4v) is 5.36. The van der Waals surface area contributed by atoms with Gasteiger partial charge in [-0.3, -0.25) is 4.79 Å². The highest BCUT2D eigenvalue weighted by molar-refractivity contribution is 7.89. The lowest BCUT2D eigenvalue weighted by atomic mass is 10.1. The van der Waals surface area contributed by atoms with E-state index in [1.807, 2.05) is 30.0 Å². The summed E-state index contributed by atoms with van der Waals surface area (Å²) in [4.78, 5) is 15.3. The van der Waals surface area contributed by atoms with Crippen LogP contribution in [0, 0.1) is 6.92 Å². The fourth-order valence-electron chi connectivity index (χ4n) is 3.79. The van der Waals surface area contributed by atoms with Crippen LogP contribution in [0.1, 0.15) is 47.2 Å². The van der Waals surface area contributed by atoms with Gasteiger partial charge in [-0.05, 0) is 56.4 Å². The maximum absolute atomic E-state index is 13.2. The van der Waals surface area contributed by atoms with Crippen LogP contribution in [-0.4, -0.2) is 42.7 Å². The van der Waals surface area contributed by atoms with Gasteiger partial charge in [0.05, 0.1) is 4.90 Å². The van der Waals surface area contributed by atoms with E-state index in [0.717, 1.165) is 31.2 Å². The molecule has 0 bridgehead atoms. The van der Waals surface area contributed by atoms with Gasteiger partial charge in [-0.25, -0.2) is 8.42 Å². The van der Waals surface area contributed by atoms with Crippen LogP contribution in [-0.2, 0) is 16.6 Å². The summed E-state index contributed by atoms with van der Waals surface area (Å²) < 4.78 is 27.2. The SMILES string of the molecule is Cc1cccc(CN(C(=O)c2cccc(S(=O)(=O)N3CCCC3)c2)C2CC2)c1. The fraction of sp³-hybridized carbons (Fsp3) is 0.409. The normalized spacial score (nSPS) is 17.6. The Morgan fingerprint density at radius 1 is 1.07 bits per heavy atom. The number of hydrogen-bond donors (Lipinski definition) is 0. The summed E-state index contributed by atoms with van der Waals surface area (Å²) in [5, 5.41) is 0. The third kappa shape index (κ3) is 3.98. The third-order valence-electron chi connectivity index (χ3n) is 5.47. The Bertz CT molecular complexity index is 977. The quantitative estimate of drug-likeness (QED) is 0.747. The second-order valence-electron chi connectivity index (χ2n) is 7.79. The monoisotopic (exact) mass is 398 g/mol.